The number of fused-ring (bicyclic) bond motifs is 1. The highest BCUT2D eigenvalue weighted by molar-refractivity contribution is 6.07. The number of benzene rings is 3. The third-order valence-electron chi connectivity index (χ3n) is 7.72. The van der Waals surface area contributed by atoms with Crippen LogP contribution in [0.2, 0.25) is 0 Å². The molecule has 49 heavy (non-hydrogen) atoms. The summed E-state index contributed by atoms with van der Waals surface area (Å²) in [6.07, 6.45) is -0.597. The van der Waals surface area contributed by atoms with Gasteiger partial charge in [-0.05, 0) is 60.2 Å². The standard InChI is InChI=1S/C32H32N8O9/c1-21-33-28-11-6-10-27(29(41)16-17-30(42)47-18-5-4-7-24(49-40(45)46)20-48-39(43)44)31(28)38(21)19-22-12-14-23(15-13-22)25-8-2-3-9-26(25)32-34-36-37-35-32/h2-3,6,8-15,24H,4-5,7,16-20H2,1H3,(H,34,35,36,37). The van der Waals surface area contributed by atoms with Crippen LogP contribution in [0.5, 0.6) is 0 Å². The van der Waals surface area contributed by atoms with Gasteiger partial charge in [-0.25, -0.2) is 4.98 Å². The molecule has 2 aromatic heterocycles. The quantitative estimate of drug-likeness (QED) is 0.0439. The number of nitrogens with zero attached hydrogens (tertiary/aromatic N) is 7. The van der Waals surface area contributed by atoms with E-state index in [4.69, 9.17) is 4.74 Å². The first-order valence-corrected chi connectivity index (χ1v) is 15.3. The summed E-state index contributed by atoms with van der Waals surface area (Å²) in [5.41, 5.74) is 5.58. The van der Waals surface area contributed by atoms with Crippen LogP contribution in [0.15, 0.2) is 66.7 Å². The van der Waals surface area contributed by atoms with Crippen LogP contribution in [-0.2, 0) is 25.8 Å². The van der Waals surface area contributed by atoms with Crippen LogP contribution in [0.3, 0.4) is 0 Å². The highest BCUT2D eigenvalue weighted by Crippen LogP contribution is 2.30. The van der Waals surface area contributed by atoms with Gasteiger partial charge in [0.25, 0.3) is 10.2 Å². The van der Waals surface area contributed by atoms with Gasteiger partial charge in [0, 0.05) is 24.1 Å². The highest BCUT2D eigenvalue weighted by Gasteiger charge is 2.19. The van der Waals surface area contributed by atoms with Gasteiger partial charge in [0.1, 0.15) is 18.5 Å². The number of aromatic amines is 1. The summed E-state index contributed by atoms with van der Waals surface area (Å²) in [7, 11) is 0. The van der Waals surface area contributed by atoms with E-state index >= 15 is 0 Å². The van der Waals surface area contributed by atoms with Crippen molar-refractivity contribution in [1.82, 2.24) is 30.2 Å². The molecule has 5 aromatic rings. The summed E-state index contributed by atoms with van der Waals surface area (Å²) in [6.45, 7) is 1.76. The second-order valence-electron chi connectivity index (χ2n) is 11.0. The maximum atomic E-state index is 13.4. The van der Waals surface area contributed by atoms with Gasteiger partial charge in [-0.2, -0.15) is 5.21 Å². The molecule has 1 N–H and O–H groups in total. The third kappa shape index (κ3) is 8.97. The first kappa shape index (κ1) is 34.1. The number of tetrazole rings is 1. The van der Waals surface area contributed by atoms with E-state index in [1.54, 1.807) is 12.1 Å². The Labute approximate surface area is 278 Å². The van der Waals surface area contributed by atoms with E-state index in [2.05, 4.69) is 35.3 Å². The number of Topliss-reactive ketones (excluding diaryl/α,β-unsaturated/α-hetero) is 1. The lowest BCUT2D eigenvalue weighted by Gasteiger charge is -2.13. The van der Waals surface area contributed by atoms with Crippen molar-refractivity contribution in [1.29, 1.82) is 0 Å². The van der Waals surface area contributed by atoms with Gasteiger partial charge in [0.15, 0.2) is 5.78 Å². The largest absolute Gasteiger partial charge is 0.466 e. The molecule has 0 aliphatic carbocycles. The number of rotatable bonds is 18. The maximum absolute atomic E-state index is 13.4. The normalized spacial score (nSPS) is 11.6. The van der Waals surface area contributed by atoms with Crippen LogP contribution in [0.1, 0.15) is 53.8 Å². The molecule has 17 heteroatoms. The zero-order chi connectivity index (χ0) is 34.8. The summed E-state index contributed by atoms with van der Waals surface area (Å²) in [4.78, 5) is 59.9. The molecule has 2 heterocycles. The van der Waals surface area contributed by atoms with Gasteiger partial charge in [0.2, 0.25) is 5.82 Å². The predicted octanol–water partition coefficient (Wildman–Crippen LogP) is 4.70. The molecule has 1 unspecified atom stereocenters. The first-order chi connectivity index (χ1) is 23.7. The Hall–Kier alpha value is -6.26. The van der Waals surface area contributed by atoms with E-state index in [0.717, 1.165) is 28.1 Å². The van der Waals surface area contributed by atoms with Gasteiger partial charge in [-0.3, -0.25) is 9.59 Å². The Morgan fingerprint density at radius 2 is 1.71 bits per heavy atom. The number of nitrogens with one attached hydrogen (secondary N) is 1. The molecular formula is C32H32N8O9. The molecule has 0 bridgehead atoms. The lowest BCUT2D eigenvalue weighted by atomic mass is 9.98. The zero-order valence-corrected chi connectivity index (χ0v) is 26.4. The van der Waals surface area contributed by atoms with Gasteiger partial charge >= 0.3 is 5.97 Å². The molecular weight excluding hydrogens is 640 g/mol. The second kappa shape index (κ2) is 16.0. The Morgan fingerprint density at radius 1 is 0.939 bits per heavy atom. The number of esters is 1. The van der Waals surface area contributed by atoms with Crippen molar-refractivity contribution in [2.75, 3.05) is 13.2 Å². The summed E-state index contributed by atoms with van der Waals surface area (Å²) >= 11 is 0. The molecule has 0 fully saturated rings. The average Bonchev–Trinajstić information content (AvgIpc) is 3.74. The number of para-hydroxylation sites is 1. The lowest BCUT2D eigenvalue weighted by Crippen LogP contribution is -2.24. The van der Waals surface area contributed by atoms with Crippen molar-refractivity contribution in [3.8, 4) is 22.5 Å². The summed E-state index contributed by atoms with van der Waals surface area (Å²) in [5, 5.41) is 33.2. The Balaban J connectivity index is 1.18. The number of carbonyl (C=O) groups excluding carboxylic acids is 2. The number of imidazole rings is 1. The van der Waals surface area contributed by atoms with Gasteiger partial charge in [-0.15, -0.1) is 30.4 Å². The number of aromatic nitrogens is 6. The van der Waals surface area contributed by atoms with Crippen LogP contribution in [0.25, 0.3) is 33.5 Å². The number of hydrogen-bond donors (Lipinski definition) is 1. The van der Waals surface area contributed by atoms with Gasteiger partial charge < -0.3 is 19.0 Å². The van der Waals surface area contributed by atoms with Crippen LogP contribution in [-0.4, -0.2) is 71.4 Å². The van der Waals surface area contributed by atoms with Gasteiger partial charge in [-0.1, -0.05) is 54.6 Å². The van der Waals surface area contributed by atoms with Gasteiger partial charge in [0.05, 0.1) is 24.1 Å². The molecule has 17 nitrogen and oxygen atoms in total. The molecule has 3 aromatic carbocycles. The summed E-state index contributed by atoms with van der Waals surface area (Å²) in [5.74, 6) is 0.433. The van der Waals surface area contributed by atoms with Crippen molar-refractivity contribution < 1.29 is 34.2 Å². The predicted molar refractivity (Wildman–Crippen MR) is 172 cm³/mol. The summed E-state index contributed by atoms with van der Waals surface area (Å²) in [6, 6.07) is 21.2. The number of unbranched alkanes of at least 4 members (excludes halogenated alkanes) is 1. The van der Waals surface area contributed by atoms with E-state index in [0.29, 0.717) is 41.8 Å². The smallest absolute Gasteiger partial charge is 0.306 e. The molecule has 0 aliphatic heterocycles. The zero-order valence-electron chi connectivity index (χ0n) is 26.4. The van der Waals surface area contributed by atoms with Crippen LogP contribution in [0.4, 0.5) is 0 Å². The maximum Gasteiger partial charge on any atom is 0.306 e. The molecule has 0 spiro atoms. The Morgan fingerprint density at radius 3 is 2.43 bits per heavy atom. The van der Waals surface area contributed by atoms with E-state index in [9.17, 15) is 29.8 Å². The molecule has 5 rings (SSSR count). The van der Waals surface area contributed by atoms with E-state index in [-0.39, 0.29) is 31.7 Å². The fraction of sp³-hybridized carbons (Fsp3) is 0.312. The van der Waals surface area contributed by atoms with Crippen molar-refractivity contribution in [3.05, 3.63) is 104 Å². The highest BCUT2D eigenvalue weighted by atomic mass is 17.0. The van der Waals surface area contributed by atoms with E-state index < -0.39 is 28.9 Å². The molecule has 0 amide bonds. The number of aryl methyl sites for hydroxylation is 1. The van der Waals surface area contributed by atoms with Crippen molar-refractivity contribution in [3.63, 3.8) is 0 Å². The van der Waals surface area contributed by atoms with Crippen LogP contribution >= 0.6 is 0 Å². The fourth-order valence-electron chi connectivity index (χ4n) is 5.41. The Bertz CT molecular complexity index is 1930. The van der Waals surface area contributed by atoms with Crippen molar-refractivity contribution in [2.45, 2.75) is 51.7 Å². The van der Waals surface area contributed by atoms with Crippen LogP contribution in [0, 0.1) is 27.2 Å². The molecule has 0 saturated carbocycles. The lowest BCUT2D eigenvalue weighted by molar-refractivity contribution is -0.790. The van der Waals surface area contributed by atoms with E-state index in [1.165, 1.54) is 0 Å². The summed E-state index contributed by atoms with van der Waals surface area (Å²) < 4.78 is 7.20. The number of hydrogen-bond acceptors (Lipinski definition) is 13. The fourth-order valence-corrected chi connectivity index (χ4v) is 5.41. The topological polar surface area (TPSA) is 220 Å². The monoisotopic (exact) mass is 672 g/mol. The van der Waals surface area contributed by atoms with Crippen LogP contribution < -0.4 is 0 Å². The first-order valence-electron chi connectivity index (χ1n) is 15.3. The number of ether oxygens (including phenoxy) is 1. The molecule has 0 aliphatic rings. The van der Waals surface area contributed by atoms with Crippen molar-refractivity contribution in [2.24, 2.45) is 0 Å². The molecule has 0 radical (unpaired) electrons. The molecule has 1 atom stereocenters. The molecule has 0 saturated heterocycles. The third-order valence-corrected chi connectivity index (χ3v) is 7.72. The number of ketones is 1. The van der Waals surface area contributed by atoms with Crippen molar-refractivity contribution >= 4 is 22.8 Å². The second-order valence-corrected chi connectivity index (χ2v) is 11.0. The minimum atomic E-state index is -1.13. The number of carbonyl (C=O) groups is 2. The average molecular weight is 673 g/mol. The minimum Gasteiger partial charge on any atom is -0.466 e. The minimum absolute atomic E-state index is 0.0112. The number of H-pyrrole nitrogens is 1. The van der Waals surface area contributed by atoms with E-state index in [1.807, 2.05) is 66.1 Å². The molecule has 254 valence electrons. The Kier molecular flexibility index (Phi) is 11.2. The SMILES string of the molecule is Cc1nc2cccc(C(=O)CCC(=O)OCCCCC(CO[N+](=O)[O-])O[N+](=O)[O-])c2n1Cc1ccc(-c2ccccc2-c2nn[nH]n2)cc1.